The second-order valence-corrected chi connectivity index (χ2v) is 11.1. The lowest BCUT2D eigenvalue weighted by Crippen LogP contribution is -2.26. The second kappa shape index (κ2) is 11.6. The minimum Gasteiger partial charge on any atom is -0.347 e. The van der Waals surface area contributed by atoms with Crippen LogP contribution in [0.5, 0.6) is 0 Å². The second-order valence-electron chi connectivity index (χ2n) is 10.7. The Kier molecular flexibility index (Phi) is 7.61. The van der Waals surface area contributed by atoms with Crippen molar-refractivity contribution in [1.82, 2.24) is 29.0 Å². The lowest BCUT2D eigenvalue weighted by molar-refractivity contribution is 0.0937. The minimum atomic E-state index is -0.216. The molecule has 0 atom stereocenters. The molecule has 0 radical (unpaired) electrons. The van der Waals surface area contributed by atoms with Gasteiger partial charge >= 0.3 is 0 Å². The monoisotopic (exact) mass is 564 g/mol. The van der Waals surface area contributed by atoms with Gasteiger partial charge in [0.1, 0.15) is 5.82 Å². The maximum atomic E-state index is 13.4. The Balaban J connectivity index is 1.14. The Morgan fingerprint density at radius 1 is 0.902 bits per heavy atom. The van der Waals surface area contributed by atoms with Crippen molar-refractivity contribution in [2.45, 2.75) is 52.4 Å². The number of aromatic nitrogens is 5. The molecule has 0 spiro atoms. The van der Waals surface area contributed by atoms with Gasteiger partial charge in [-0.3, -0.25) is 4.79 Å². The number of aryl methyl sites for hydroxylation is 2. The molecule has 0 saturated heterocycles. The number of benzene rings is 3. The van der Waals surface area contributed by atoms with Crippen molar-refractivity contribution in [1.29, 1.82) is 0 Å². The number of hydrogen-bond acceptors (Lipinski definition) is 3. The van der Waals surface area contributed by atoms with Gasteiger partial charge < -0.3 is 19.0 Å². The summed E-state index contributed by atoms with van der Waals surface area (Å²) in [6.45, 7) is 7.16. The SMILES string of the molecule is CC(C)c1nccn1CCCn1ccc2cc(CNC(=O)c3nc4ccc(Cl)cc4n3Cc3ccccc3)ccc21. The van der Waals surface area contributed by atoms with Crippen LogP contribution in [0.15, 0.2) is 91.4 Å². The third-order valence-electron chi connectivity index (χ3n) is 7.45. The van der Waals surface area contributed by atoms with E-state index in [1.54, 1.807) is 6.07 Å². The highest BCUT2D eigenvalue weighted by Crippen LogP contribution is 2.23. The van der Waals surface area contributed by atoms with Crippen molar-refractivity contribution in [3.8, 4) is 0 Å². The van der Waals surface area contributed by atoms with Crippen molar-refractivity contribution in [3.63, 3.8) is 0 Å². The molecule has 3 aromatic heterocycles. The van der Waals surface area contributed by atoms with Crippen LogP contribution in [-0.4, -0.2) is 29.6 Å². The first-order valence-electron chi connectivity index (χ1n) is 14.0. The minimum absolute atomic E-state index is 0.216. The van der Waals surface area contributed by atoms with E-state index in [4.69, 9.17) is 11.6 Å². The molecule has 0 aliphatic heterocycles. The summed E-state index contributed by atoms with van der Waals surface area (Å²) < 4.78 is 6.48. The normalized spacial score (nSPS) is 11.6. The van der Waals surface area contributed by atoms with Gasteiger partial charge in [-0.2, -0.15) is 0 Å². The van der Waals surface area contributed by atoms with Crippen LogP contribution in [0.25, 0.3) is 21.9 Å². The molecule has 208 valence electrons. The maximum absolute atomic E-state index is 13.4. The van der Waals surface area contributed by atoms with E-state index in [9.17, 15) is 4.79 Å². The van der Waals surface area contributed by atoms with Crippen molar-refractivity contribution < 1.29 is 4.79 Å². The number of amides is 1. The number of halogens is 1. The van der Waals surface area contributed by atoms with Crippen LogP contribution in [-0.2, 0) is 26.2 Å². The summed E-state index contributed by atoms with van der Waals surface area (Å²) in [6, 6.07) is 24.1. The molecule has 6 rings (SSSR count). The number of carbonyl (C=O) groups is 1. The van der Waals surface area contributed by atoms with Gasteiger partial charge in [0.15, 0.2) is 5.82 Å². The molecule has 0 saturated carbocycles. The van der Waals surface area contributed by atoms with Gasteiger partial charge in [-0.05, 0) is 59.3 Å². The van der Waals surface area contributed by atoms with Crippen molar-refractivity contribution in [2.75, 3.05) is 0 Å². The Hall–Kier alpha value is -4.36. The van der Waals surface area contributed by atoms with E-state index in [-0.39, 0.29) is 5.91 Å². The van der Waals surface area contributed by atoms with E-state index in [1.165, 1.54) is 5.52 Å². The van der Waals surface area contributed by atoms with E-state index >= 15 is 0 Å². The Morgan fingerprint density at radius 3 is 2.56 bits per heavy atom. The largest absolute Gasteiger partial charge is 0.347 e. The van der Waals surface area contributed by atoms with Crippen molar-refractivity contribution in [2.24, 2.45) is 0 Å². The predicted molar refractivity (Wildman–Crippen MR) is 164 cm³/mol. The molecule has 0 aliphatic rings. The fourth-order valence-electron chi connectivity index (χ4n) is 5.43. The molecular formula is C33H33ClN6O. The number of imidazole rings is 2. The van der Waals surface area contributed by atoms with Gasteiger partial charge in [0.2, 0.25) is 0 Å². The lowest BCUT2D eigenvalue weighted by atomic mass is 10.1. The first kappa shape index (κ1) is 26.8. The van der Waals surface area contributed by atoms with Gasteiger partial charge in [0.25, 0.3) is 5.91 Å². The fraction of sp³-hybridized carbons (Fsp3) is 0.242. The fourth-order valence-corrected chi connectivity index (χ4v) is 5.60. The molecule has 7 nitrogen and oxygen atoms in total. The summed E-state index contributed by atoms with van der Waals surface area (Å²) in [6.07, 6.45) is 7.11. The molecule has 41 heavy (non-hydrogen) atoms. The highest BCUT2D eigenvalue weighted by Gasteiger charge is 2.18. The smallest absolute Gasteiger partial charge is 0.287 e. The van der Waals surface area contributed by atoms with E-state index in [1.807, 2.05) is 53.2 Å². The molecule has 0 fully saturated rings. The van der Waals surface area contributed by atoms with Crippen molar-refractivity contribution >= 4 is 39.4 Å². The average Bonchev–Trinajstić information content (AvgIpc) is 3.70. The van der Waals surface area contributed by atoms with Crippen LogP contribution in [0.2, 0.25) is 5.02 Å². The van der Waals surface area contributed by atoms with E-state index in [0.29, 0.717) is 29.9 Å². The summed E-state index contributed by atoms with van der Waals surface area (Å²) in [4.78, 5) is 22.5. The van der Waals surface area contributed by atoms with Crippen LogP contribution in [0, 0.1) is 0 Å². The van der Waals surface area contributed by atoms with Crippen LogP contribution in [0.3, 0.4) is 0 Å². The Bertz CT molecular complexity index is 1810. The number of carbonyl (C=O) groups excluding carboxylic acids is 1. The standard InChI is InChI=1S/C33H33ClN6O/c1-23(2)31-35-14-18-39(31)16-6-15-38-17-13-26-19-25(9-12-29(26)38)21-36-33(41)32-37-28-11-10-27(34)20-30(28)40(32)22-24-7-4-3-5-8-24/h3-5,7-14,17-20,23H,6,15-16,21-22H2,1-2H3,(H,36,41). The molecule has 0 bridgehead atoms. The van der Waals surface area contributed by atoms with Crippen LogP contribution in [0.1, 0.15) is 53.8 Å². The van der Waals surface area contributed by atoms with Gasteiger partial charge in [-0.15, -0.1) is 0 Å². The molecule has 6 aromatic rings. The highest BCUT2D eigenvalue weighted by atomic mass is 35.5. The van der Waals surface area contributed by atoms with E-state index in [2.05, 4.69) is 74.9 Å². The van der Waals surface area contributed by atoms with Gasteiger partial charge in [-0.25, -0.2) is 9.97 Å². The first-order chi connectivity index (χ1) is 20.0. The molecule has 0 unspecified atom stereocenters. The highest BCUT2D eigenvalue weighted by molar-refractivity contribution is 6.31. The Morgan fingerprint density at radius 2 is 1.73 bits per heavy atom. The summed E-state index contributed by atoms with van der Waals surface area (Å²) in [5.74, 6) is 1.70. The maximum Gasteiger partial charge on any atom is 0.287 e. The summed E-state index contributed by atoms with van der Waals surface area (Å²) in [5.41, 5.74) is 4.89. The third-order valence-corrected chi connectivity index (χ3v) is 7.68. The van der Waals surface area contributed by atoms with E-state index in [0.717, 1.165) is 52.9 Å². The van der Waals surface area contributed by atoms with E-state index < -0.39 is 0 Å². The van der Waals surface area contributed by atoms with Gasteiger partial charge in [0, 0.05) is 61.2 Å². The number of fused-ring (bicyclic) bond motifs is 2. The Labute approximate surface area is 244 Å². The zero-order valence-electron chi connectivity index (χ0n) is 23.3. The number of hydrogen-bond donors (Lipinski definition) is 1. The summed E-state index contributed by atoms with van der Waals surface area (Å²) in [7, 11) is 0. The summed E-state index contributed by atoms with van der Waals surface area (Å²) >= 11 is 6.29. The molecule has 0 aliphatic carbocycles. The number of nitrogens with zero attached hydrogens (tertiary/aromatic N) is 5. The third kappa shape index (κ3) is 5.77. The summed E-state index contributed by atoms with van der Waals surface area (Å²) in [5, 5.41) is 4.85. The molecule has 1 amide bonds. The first-order valence-corrected chi connectivity index (χ1v) is 14.4. The molecule has 3 aromatic carbocycles. The zero-order chi connectivity index (χ0) is 28.3. The van der Waals surface area contributed by atoms with Gasteiger partial charge in [-0.1, -0.05) is 61.8 Å². The van der Waals surface area contributed by atoms with Crippen LogP contribution >= 0.6 is 11.6 Å². The molecule has 8 heteroatoms. The van der Waals surface area contributed by atoms with Crippen LogP contribution < -0.4 is 5.32 Å². The van der Waals surface area contributed by atoms with Crippen molar-refractivity contribution in [3.05, 3.63) is 119 Å². The van der Waals surface area contributed by atoms with Gasteiger partial charge in [0.05, 0.1) is 11.0 Å². The molecule has 3 heterocycles. The van der Waals surface area contributed by atoms with Crippen LogP contribution in [0.4, 0.5) is 0 Å². The predicted octanol–water partition coefficient (Wildman–Crippen LogP) is 7.03. The topological polar surface area (TPSA) is 69.7 Å². The number of nitrogens with one attached hydrogen (secondary N) is 1. The zero-order valence-corrected chi connectivity index (χ0v) is 24.1. The molecular weight excluding hydrogens is 532 g/mol. The average molecular weight is 565 g/mol. The quantitative estimate of drug-likeness (QED) is 0.194. The molecule has 1 N–H and O–H groups in total. The number of rotatable bonds is 10. The lowest BCUT2D eigenvalue weighted by Gasteiger charge is -2.12.